The first-order valence-electron chi connectivity index (χ1n) is 8.86. The van der Waals surface area contributed by atoms with Crippen LogP contribution in [0.15, 0.2) is 54.9 Å². The van der Waals surface area contributed by atoms with Gasteiger partial charge in [-0.1, -0.05) is 18.2 Å². The number of carbonyl (C=O) groups excluding carboxylic acids is 1. The van der Waals surface area contributed by atoms with Gasteiger partial charge in [0.15, 0.2) is 11.6 Å². The van der Waals surface area contributed by atoms with E-state index in [1.54, 1.807) is 23.0 Å². The van der Waals surface area contributed by atoms with Gasteiger partial charge in [-0.05, 0) is 43.7 Å². The van der Waals surface area contributed by atoms with Crippen molar-refractivity contribution < 1.29 is 18.0 Å². The second-order valence-corrected chi connectivity index (χ2v) is 6.73. The summed E-state index contributed by atoms with van der Waals surface area (Å²) in [5, 5.41) is 0. The van der Waals surface area contributed by atoms with Crippen molar-refractivity contribution in [1.29, 1.82) is 0 Å². The molecule has 0 fully saturated rings. The lowest BCUT2D eigenvalue weighted by atomic mass is 10.1. The van der Waals surface area contributed by atoms with Gasteiger partial charge in [0, 0.05) is 25.0 Å². The van der Waals surface area contributed by atoms with Crippen LogP contribution in [0.2, 0.25) is 0 Å². The molecule has 0 radical (unpaired) electrons. The SMILES string of the molecule is CC(C)N(Cc1nccn1Cc1ccc(F)c(F)c1)C(=O)c1ccccc1F. The summed E-state index contributed by atoms with van der Waals surface area (Å²) in [6.07, 6.45) is 3.27. The summed E-state index contributed by atoms with van der Waals surface area (Å²) >= 11 is 0. The molecule has 1 amide bonds. The van der Waals surface area contributed by atoms with Gasteiger partial charge in [0.1, 0.15) is 11.6 Å². The molecule has 7 heteroatoms. The maximum Gasteiger partial charge on any atom is 0.257 e. The number of hydrogen-bond acceptors (Lipinski definition) is 2. The monoisotopic (exact) mass is 387 g/mol. The molecule has 0 aliphatic rings. The van der Waals surface area contributed by atoms with E-state index in [1.807, 2.05) is 13.8 Å². The largest absolute Gasteiger partial charge is 0.329 e. The number of aromatic nitrogens is 2. The normalized spacial score (nSPS) is 11.1. The predicted octanol–water partition coefficient (Wildman–Crippen LogP) is 4.40. The van der Waals surface area contributed by atoms with E-state index in [2.05, 4.69) is 4.98 Å². The van der Waals surface area contributed by atoms with Crippen LogP contribution in [0.4, 0.5) is 13.2 Å². The number of benzene rings is 2. The Hall–Kier alpha value is -3.09. The highest BCUT2D eigenvalue weighted by molar-refractivity contribution is 5.94. The van der Waals surface area contributed by atoms with Crippen LogP contribution in [-0.4, -0.2) is 26.4 Å². The lowest BCUT2D eigenvalue weighted by molar-refractivity contribution is 0.0678. The molecule has 2 aromatic carbocycles. The molecule has 4 nitrogen and oxygen atoms in total. The summed E-state index contributed by atoms with van der Waals surface area (Å²) in [5.41, 5.74) is 0.560. The molecule has 146 valence electrons. The van der Waals surface area contributed by atoms with E-state index in [4.69, 9.17) is 0 Å². The van der Waals surface area contributed by atoms with Crippen molar-refractivity contribution in [2.75, 3.05) is 0 Å². The highest BCUT2D eigenvalue weighted by Crippen LogP contribution is 2.17. The molecule has 28 heavy (non-hydrogen) atoms. The number of carbonyl (C=O) groups is 1. The van der Waals surface area contributed by atoms with Crippen molar-refractivity contribution in [3.8, 4) is 0 Å². The van der Waals surface area contributed by atoms with Crippen LogP contribution in [0.5, 0.6) is 0 Å². The molecule has 0 N–H and O–H groups in total. The summed E-state index contributed by atoms with van der Waals surface area (Å²) in [6.45, 7) is 4.09. The molecule has 0 aliphatic carbocycles. The zero-order valence-electron chi connectivity index (χ0n) is 15.6. The Kier molecular flexibility index (Phi) is 5.82. The van der Waals surface area contributed by atoms with Crippen LogP contribution in [0.25, 0.3) is 0 Å². The molecule has 0 aliphatic heterocycles. The van der Waals surface area contributed by atoms with E-state index < -0.39 is 23.4 Å². The highest BCUT2D eigenvalue weighted by atomic mass is 19.2. The molecule has 0 saturated carbocycles. The van der Waals surface area contributed by atoms with E-state index in [1.165, 1.54) is 29.2 Å². The van der Waals surface area contributed by atoms with Gasteiger partial charge in [0.25, 0.3) is 5.91 Å². The van der Waals surface area contributed by atoms with Gasteiger partial charge in [-0.3, -0.25) is 4.79 Å². The number of amides is 1. The van der Waals surface area contributed by atoms with E-state index in [0.717, 1.165) is 12.1 Å². The molecule has 0 atom stereocenters. The summed E-state index contributed by atoms with van der Waals surface area (Å²) in [7, 11) is 0. The van der Waals surface area contributed by atoms with Crippen molar-refractivity contribution in [3.05, 3.63) is 89.3 Å². The molecule has 3 rings (SSSR count). The maximum absolute atomic E-state index is 14.0. The van der Waals surface area contributed by atoms with E-state index in [-0.39, 0.29) is 24.7 Å². The second kappa shape index (κ2) is 8.29. The number of halogens is 3. The molecule has 1 aromatic heterocycles. The third-order valence-corrected chi connectivity index (χ3v) is 4.44. The van der Waals surface area contributed by atoms with Crippen LogP contribution in [0.1, 0.15) is 35.6 Å². The molecule has 0 spiro atoms. The fourth-order valence-corrected chi connectivity index (χ4v) is 2.90. The minimum absolute atomic E-state index is 0.00471. The first-order chi connectivity index (χ1) is 13.4. The predicted molar refractivity (Wildman–Crippen MR) is 99.1 cm³/mol. The summed E-state index contributed by atoms with van der Waals surface area (Å²) in [6, 6.07) is 9.33. The Balaban J connectivity index is 1.83. The van der Waals surface area contributed by atoms with Crippen LogP contribution in [0, 0.1) is 17.5 Å². The smallest absolute Gasteiger partial charge is 0.257 e. The molecular weight excluding hydrogens is 367 g/mol. The summed E-state index contributed by atoms with van der Waals surface area (Å²) < 4.78 is 42.4. The third-order valence-electron chi connectivity index (χ3n) is 4.44. The average molecular weight is 387 g/mol. The van der Waals surface area contributed by atoms with E-state index in [0.29, 0.717) is 11.4 Å². The van der Waals surface area contributed by atoms with Crippen molar-refractivity contribution in [3.63, 3.8) is 0 Å². The second-order valence-electron chi connectivity index (χ2n) is 6.73. The zero-order valence-corrected chi connectivity index (χ0v) is 15.6. The van der Waals surface area contributed by atoms with Gasteiger partial charge in [-0.15, -0.1) is 0 Å². The zero-order chi connectivity index (χ0) is 20.3. The summed E-state index contributed by atoms with van der Waals surface area (Å²) in [4.78, 5) is 18.6. The Bertz CT molecular complexity index is 985. The maximum atomic E-state index is 14.0. The minimum Gasteiger partial charge on any atom is -0.329 e. The van der Waals surface area contributed by atoms with Gasteiger partial charge < -0.3 is 9.47 Å². The Morgan fingerprint density at radius 3 is 2.50 bits per heavy atom. The number of rotatable bonds is 6. The number of hydrogen-bond donors (Lipinski definition) is 0. The quantitative estimate of drug-likeness (QED) is 0.629. The van der Waals surface area contributed by atoms with Crippen LogP contribution >= 0.6 is 0 Å². The van der Waals surface area contributed by atoms with Crippen molar-refractivity contribution in [1.82, 2.24) is 14.5 Å². The van der Waals surface area contributed by atoms with E-state index in [9.17, 15) is 18.0 Å². The van der Waals surface area contributed by atoms with Gasteiger partial charge >= 0.3 is 0 Å². The number of imidazole rings is 1. The standard InChI is InChI=1S/C21H20F3N3O/c1-14(2)27(21(28)16-5-3-4-6-17(16)22)13-20-25-9-10-26(20)12-15-7-8-18(23)19(24)11-15/h3-11,14H,12-13H2,1-2H3. The summed E-state index contributed by atoms with van der Waals surface area (Å²) in [5.74, 6) is -2.28. The minimum atomic E-state index is -0.919. The molecule has 3 aromatic rings. The molecule has 0 saturated heterocycles. The van der Waals surface area contributed by atoms with Crippen molar-refractivity contribution >= 4 is 5.91 Å². The van der Waals surface area contributed by atoms with Crippen LogP contribution in [0.3, 0.4) is 0 Å². The van der Waals surface area contributed by atoms with Gasteiger partial charge in [0.2, 0.25) is 0 Å². The fourth-order valence-electron chi connectivity index (χ4n) is 2.90. The number of nitrogens with zero attached hydrogens (tertiary/aromatic N) is 3. The topological polar surface area (TPSA) is 38.1 Å². The highest BCUT2D eigenvalue weighted by Gasteiger charge is 2.23. The lowest BCUT2D eigenvalue weighted by Crippen LogP contribution is -2.37. The first-order valence-corrected chi connectivity index (χ1v) is 8.86. The van der Waals surface area contributed by atoms with E-state index >= 15 is 0 Å². The van der Waals surface area contributed by atoms with Crippen LogP contribution < -0.4 is 0 Å². The van der Waals surface area contributed by atoms with Gasteiger partial charge in [-0.25, -0.2) is 18.2 Å². The van der Waals surface area contributed by atoms with Crippen LogP contribution in [-0.2, 0) is 13.1 Å². The molecular formula is C21H20F3N3O. The molecule has 1 heterocycles. The van der Waals surface area contributed by atoms with Gasteiger partial charge in [0.05, 0.1) is 12.1 Å². The van der Waals surface area contributed by atoms with Gasteiger partial charge in [-0.2, -0.15) is 0 Å². The Labute approximate surface area is 161 Å². The van der Waals surface area contributed by atoms with Crippen molar-refractivity contribution in [2.45, 2.75) is 33.0 Å². The Morgan fingerprint density at radius 1 is 1.07 bits per heavy atom. The average Bonchev–Trinajstić information content (AvgIpc) is 3.09. The molecule has 0 bridgehead atoms. The lowest BCUT2D eigenvalue weighted by Gasteiger charge is -2.27. The third kappa shape index (κ3) is 4.24. The first kappa shape index (κ1) is 19.7. The molecule has 0 unspecified atom stereocenters. The fraction of sp³-hybridized carbons (Fsp3) is 0.238. The Morgan fingerprint density at radius 2 is 1.82 bits per heavy atom. The van der Waals surface area contributed by atoms with Crippen molar-refractivity contribution in [2.24, 2.45) is 0 Å².